The second-order valence-electron chi connectivity index (χ2n) is 3.56. The van der Waals surface area contributed by atoms with Gasteiger partial charge in [-0.25, -0.2) is 15.5 Å². The first-order valence-corrected chi connectivity index (χ1v) is 4.94. The molecular weight excluding hydrogens is 220 g/mol. The van der Waals surface area contributed by atoms with Crippen LogP contribution in [0.15, 0.2) is 6.33 Å². The van der Waals surface area contributed by atoms with Gasteiger partial charge >= 0.3 is 0 Å². The van der Waals surface area contributed by atoms with E-state index in [1.54, 1.807) is 16.4 Å². The van der Waals surface area contributed by atoms with Gasteiger partial charge in [-0.3, -0.25) is 4.68 Å². The second kappa shape index (κ2) is 4.23. The molecule has 0 amide bonds. The van der Waals surface area contributed by atoms with Crippen molar-refractivity contribution in [2.24, 2.45) is 12.9 Å². The van der Waals surface area contributed by atoms with Gasteiger partial charge < -0.3 is 5.43 Å². The fourth-order valence-electron chi connectivity index (χ4n) is 1.66. The van der Waals surface area contributed by atoms with E-state index in [0.717, 1.165) is 17.1 Å². The van der Waals surface area contributed by atoms with Crippen molar-refractivity contribution in [3.05, 3.63) is 23.4 Å². The Morgan fingerprint density at radius 3 is 2.88 bits per heavy atom. The molecule has 3 N–H and O–H groups in total. The van der Waals surface area contributed by atoms with Crippen LogP contribution in [0.2, 0.25) is 0 Å². The van der Waals surface area contributed by atoms with E-state index in [0.29, 0.717) is 6.54 Å². The number of nitrogens with two attached hydrogens (primary N) is 1. The molecule has 0 aromatic carbocycles. The highest BCUT2D eigenvalue weighted by Gasteiger charge is 2.13. The topological polar surface area (TPSA) is 110 Å². The molecule has 0 aliphatic rings. The summed E-state index contributed by atoms with van der Waals surface area (Å²) in [5.41, 5.74) is 4.38. The van der Waals surface area contributed by atoms with Crippen LogP contribution in [0.5, 0.6) is 0 Å². The summed E-state index contributed by atoms with van der Waals surface area (Å²) < 4.78 is 3.23. The molecular formula is C9H12N8. The minimum atomic E-state index is 0.147. The molecule has 8 nitrogen and oxygen atoms in total. The molecule has 88 valence electrons. The highest BCUT2D eigenvalue weighted by Crippen LogP contribution is 2.18. The van der Waals surface area contributed by atoms with Gasteiger partial charge in [-0.1, -0.05) is 0 Å². The molecule has 2 rings (SSSR count). The lowest BCUT2D eigenvalue weighted by atomic mass is 10.2. The van der Waals surface area contributed by atoms with E-state index in [1.807, 2.05) is 13.0 Å². The molecule has 0 aliphatic heterocycles. The number of nitrogens with one attached hydrogen (secondary N) is 1. The van der Waals surface area contributed by atoms with Crippen molar-refractivity contribution < 1.29 is 0 Å². The van der Waals surface area contributed by atoms with Gasteiger partial charge in [0.25, 0.3) is 5.82 Å². The first kappa shape index (κ1) is 11.1. The second-order valence-corrected chi connectivity index (χ2v) is 3.56. The van der Waals surface area contributed by atoms with Crippen molar-refractivity contribution in [2.45, 2.75) is 13.5 Å². The Bertz CT molecular complexity index is 572. The molecule has 0 fully saturated rings. The van der Waals surface area contributed by atoms with E-state index in [2.05, 4.69) is 20.6 Å². The van der Waals surface area contributed by atoms with Crippen LogP contribution in [-0.2, 0) is 13.6 Å². The van der Waals surface area contributed by atoms with Crippen LogP contribution in [0, 0.1) is 18.3 Å². The fourth-order valence-corrected chi connectivity index (χ4v) is 1.66. The largest absolute Gasteiger partial charge is 0.308 e. The number of nitrogen functional groups attached to an aromatic ring is 1. The third-order valence-corrected chi connectivity index (χ3v) is 2.44. The summed E-state index contributed by atoms with van der Waals surface area (Å²) in [6, 6.07) is 1.88. The lowest BCUT2D eigenvalue weighted by Gasteiger charge is -2.04. The van der Waals surface area contributed by atoms with Gasteiger partial charge in [0, 0.05) is 12.6 Å². The zero-order valence-corrected chi connectivity index (χ0v) is 9.55. The van der Waals surface area contributed by atoms with Gasteiger partial charge in [0.05, 0.1) is 12.2 Å². The van der Waals surface area contributed by atoms with Crippen LogP contribution in [0.3, 0.4) is 0 Å². The van der Waals surface area contributed by atoms with Gasteiger partial charge in [0.15, 0.2) is 0 Å². The van der Waals surface area contributed by atoms with Crippen LogP contribution in [-0.4, -0.2) is 24.5 Å². The van der Waals surface area contributed by atoms with Gasteiger partial charge in [-0.15, -0.1) is 5.10 Å². The molecule has 0 saturated carbocycles. The zero-order valence-electron chi connectivity index (χ0n) is 9.55. The number of nitriles is 1. The molecule has 2 heterocycles. The normalized spacial score (nSPS) is 10.2. The number of nitrogens with zero attached hydrogens (tertiary/aromatic N) is 6. The summed E-state index contributed by atoms with van der Waals surface area (Å²) in [5.74, 6) is 6.31. The molecule has 0 atom stereocenters. The van der Waals surface area contributed by atoms with Crippen LogP contribution >= 0.6 is 0 Å². The van der Waals surface area contributed by atoms with Crippen molar-refractivity contribution in [1.29, 1.82) is 5.26 Å². The van der Waals surface area contributed by atoms with Gasteiger partial charge in [-0.2, -0.15) is 10.4 Å². The third kappa shape index (κ3) is 1.95. The van der Waals surface area contributed by atoms with Crippen LogP contribution in [0.25, 0.3) is 0 Å². The average molecular weight is 232 g/mol. The number of rotatable bonds is 3. The molecule has 0 aliphatic carbocycles. The van der Waals surface area contributed by atoms with E-state index in [4.69, 9.17) is 11.1 Å². The maximum Gasteiger partial charge on any atom is 0.252 e. The van der Waals surface area contributed by atoms with E-state index in [1.165, 1.54) is 6.33 Å². The van der Waals surface area contributed by atoms with Crippen molar-refractivity contribution in [3.8, 4) is 6.07 Å². The fraction of sp³-hybridized carbons (Fsp3) is 0.333. The van der Waals surface area contributed by atoms with Crippen LogP contribution < -0.4 is 11.3 Å². The van der Waals surface area contributed by atoms with Gasteiger partial charge in [0.2, 0.25) is 0 Å². The molecule has 0 radical (unpaired) electrons. The third-order valence-electron chi connectivity index (χ3n) is 2.44. The monoisotopic (exact) mass is 232 g/mol. The number of aromatic nitrogens is 5. The molecule has 0 saturated heterocycles. The standard InChI is InChI=1S/C9H12N8/c1-6-7(9(13-11)16(2)14-6)4-17-5-12-8(3-10)15-17/h5,13H,4,11H2,1-2H3. The Hall–Kier alpha value is -2.40. The summed E-state index contributed by atoms with van der Waals surface area (Å²) in [4.78, 5) is 3.83. The molecule has 2 aromatic rings. The first-order chi connectivity index (χ1) is 8.15. The van der Waals surface area contributed by atoms with E-state index >= 15 is 0 Å². The highest BCUT2D eigenvalue weighted by atomic mass is 15.4. The summed E-state index contributed by atoms with van der Waals surface area (Å²) >= 11 is 0. The van der Waals surface area contributed by atoms with Crippen molar-refractivity contribution in [2.75, 3.05) is 5.43 Å². The maximum atomic E-state index is 8.64. The predicted octanol–water partition coefficient (Wildman–Crippen LogP) is -0.474. The number of aryl methyl sites for hydroxylation is 2. The molecule has 17 heavy (non-hydrogen) atoms. The summed E-state index contributed by atoms with van der Waals surface area (Å²) in [5, 5.41) is 16.9. The number of anilines is 1. The Kier molecular flexibility index (Phi) is 2.76. The van der Waals surface area contributed by atoms with Gasteiger partial charge in [0.1, 0.15) is 18.2 Å². The van der Waals surface area contributed by atoms with E-state index < -0.39 is 0 Å². The minimum Gasteiger partial charge on any atom is -0.308 e. The summed E-state index contributed by atoms with van der Waals surface area (Å²) in [6.45, 7) is 2.35. The Balaban J connectivity index is 2.32. The van der Waals surface area contributed by atoms with Crippen molar-refractivity contribution in [3.63, 3.8) is 0 Å². The molecule has 8 heteroatoms. The molecule has 0 bridgehead atoms. The number of hydrazine groups is 1. The van der Waals surface area contributed by atoms with Crippen LogP contribution in [0.4, 0.5) is 5.82 Å². The number of hydrogen-bond acceptors (Lipinski definition) is 6. The Labute approximate surface area is 97.6 Å². The Morgan fingerprint density at radius 2 is 2.29 bits per heavy atom. The molecule has 2 aromatic heterocycles. The SMILES string of the molecule is Cc1nn(C)c(NN)c1Cn1cnc(C#N)n1. The van der Waals surface area contributed by atoms with Crippen molar-refractivity contribution >= 4 is 5.82 Å². The lowest BCUT2D eigenvalue weighted by Crippen LogP contribution is -2.14. The average Bonchev–Trinajstić information content (AvgIpc) is 2.85. The highest BCUT2D eigenvalue weighted by molar-refractivity contribution is 5.46. The van der Waals surface area contributed by atoms with E-state index in [9.17, 15) is 0 Å². The summed E-state index contributed by atoms with van der Waals surface area (Å²) in [6.07, 6.45) is 1.51. The minimum absolute atomic E-state index is 0.147. The lowest BCUT2D eigenvalue weighted by molar-refractivity contribution is 0.680. The van der Waals surface area contributed by atoms with Gasteiger partial charge in [-0.05, 0) is 6.92 Å². The van der Waals surface area contributed by atoms with Crippen LogP contribution in [0.1, 0.15) is 17.1 Å². The molecule has 0 spiro atoms. The first-order valence-electron chi connectivity index (χ1n) is 4.94. The quantitative estimate of drug-likeness (QED) is 0.546. The maximum absolute atomic E-state index is 8.64. The molecule has 0 unspecified atom stereocenters. The summed E-state index contributed by atoms with van der Waals surface area (Å²) in [7, 11) is 1.80. The Morgan fingerprint density at radius 1 is 1.53 bits per heavy atom. The van der Waals surface area contributed by atoms with Crippen molar-refractivity contribution in [1.82, 2.24) is 24.5 Å². The smallest absolute Gasteiger partial charge is 0.252 e. The zero-order chi connectivity index (χ0) is 12.4. The van der Waals surface area contributed by atoms with E-state index in [-0.39, 0.29) is 5.82 Å². The predicted molar refractivity (Wildman–Crippen MR) is 59.6 cm³/mol. The number of hydrogen-bond donors (Lipinski definition) is 2.